The minimum Gasteiger partial charge on any atom is -0.467 e. The van der Waals surface area contributed by atoms with E-state index in [2.05, 4.69) is 5.32 Å². The molecule has 4 aromatic rings. The molecule has 0 saturated carbocycles. The van der Waals surface area contributed by atoms with Gasteiger partial charge < -0.3 is 29.7 Å². The number of hydrogen-bond acceptors (Lipinski definition) is 6. The second-order valence-electron chi connectivity index (χ2n) is 7.67. The van der Waals surface area contributed by atoms with E-state index in [0.717, 1.165) is 43.9 Å². The number of amides is 1. The Morgan fingerprint density at radius 1 is 1.13 bits per heavy atom. The second-order valence-corrected chi connectivity index (χ2v) is 7.67. The SMILES string of the molecule is Nc1c(C(=O)NCc2ccco2)c2nc3ccccc3nc2n1CC[NH+]1CCOCC1. The van der Waals surface area contributed by atoms with Gasteiger partial charge in [0.15, 0.2) is 5.65 Å². The minimum absolute atomic E-state index is 0.275. The largest absolute Gasteiger partial charge is 0.467 e. The van der Waals surface area contributed by atoms with Gasteiger partial charge in [0.25, 0.3) is 5.91 Å². The van der Waals surface area contributed by atoms with E-state index in [9.17, 15) is 4.79 Å². The number of furan rings is 1. The number of anilines is 1. The lowest BCUT2D eigenvalue weighted by atomic mass is 10.2. The van der Waals surface area contributed by atoms with Crippen molar-refractivity contribution in [3.05, 3.63) is 54.0 Å². The van der Waals surface area contributed by atoms with Crippen LogP contribution in [0.25, 0.3) is 22.2 Å². The normalized spacial score (nSPS) is 15.0. The molecule has 3 aromatic heterocycles. The van der Waals surface area contributed by atoms with Crippen LogP contribution in [0.15, 0.2) is 47.1 Å². The van der Waals surface area contributed by atoms with E-state index in [1.165, 1.54) is 4.90 Å². The van der Waals surface area contributed by atoms with Crippen molar-refractivity contribution in [1.82, 2.24) is 19.9 Å². The molecule has 1 saturated heterocycles. The van der Waals surface area contributed by atoms with Crippen LogP contribution < -0.4 is 16.0 Å². The third kappa shape index (κ3) is 3.85. The van der Waals surface area contributed by atoms with Gasteiger partial charge in [0.2, 0.25) is 0 Å². The van der Waals surface area contributed by atoms with E-state index < -0.39 is 0 Å². The predicted molar refractivity (Wildman–Crippen MR) is 116 cm³/mol. The van der Waals surface area contributed by atoms with Crippen LogP contribution in [0.5, 0.6) is 0 Å². The van der Waals surface area contributed by atoms with Gasteiger partial charge in [-0.1, -0.05) is 12.1 Å². The number of carbonyl (C=O) groups excluding carboxylic acids is 1. The molecule has 0 bridgehead atoms. The summed E-state index contributed by atoms with van der Waals surface area (Å²) in [5.41, 5.74) is 9.52. The highest BCUT2D eigenvalue weighted by molar-refractivity contribution is 6.10. The maximum Gasteiger partial charge on any atom is 0.257 e. The monoisotopic (exact) mass is 421 g/mol. The molecule has 5 rings (SSSR count). The van der Waals surface area contributed by atoms with Gasteiger partial charge >= 0.3 is 0 Å². The topological polar surface area (TPSA) is 113 Å². The van der Waals surface area contributed by atoms with Crippen molar-refractivity contribution >= 4 is 33.9 Å². The van der Waals surface area contributed by atoms with Crippen molar-refractivity contribution in [2.45, 2.75) is 13.1 Å². The lowest BCUT2D eigenvalue weighted by molar-refractivity contribution is -0.908. The number of nitrogen functional groups attached to an aromatic ring is 1. The molecule has 9 nitrogen and oxygen atoms in total. The standard InChI is InChI=1S/C22H24N6O3/c23-20-18(22(29)24-14-15-4-3-11-31-15)19-21(26-17-6-2-1-5-16(17)25-19)28(20)8-7-27-9-12-30-13-10-27/h1-6,11H,7-10,12-14,23H2,(H,24,29)/p+1. The summed E-state index contributed by atoms with van der Waals surface area (Å²) in [6, 6.07) is 11.2. The van der Waals surface area contributed by atoms with Gasteiger partial charge in [-0.3, -0.25) is 4.79 Å². The van der Waals surface area contributed by atoms with Gasteiger partial charge in [-0.25, -0.2) is 9.97 Å². The molecule has 1 fully saturated rings. The number of nitrogens with zero attached hydrogens (tertiary/aromatic N) is 3. The molecule has 0 spiro atoms. The van der Waals surface area contributed by atoms with Crippen molar-refractivity contribution in [2.75, 3.05) is 38.6 Å². The maximum absolute atomic E-state index is 13.1. The number of morpholine rings is 1. The molecule has 160 valence electrons. The van der Waals surface area contributed by atoms with E-state index in [4.69, 9.17) is 24.9 Å². The predicted octanol–water partition coefficient (Wildman–Crippen LogP) is 0.605. The molecule has 9 heteroatoms. The van der Waals surface area contributed by atoms with Crippen LogP contribution in [0.1, 0.15) is 16.1 Å². The summed E-state index contributed by atoms with van der Waals surface area (Å²) in [7, 11) is 0. The summed E-state index contributed by atoms with van der Waals surface area (Å²) in [6.45, 7) is 5.25. The summed E-state index contributed by atoms with van der Waals surface area (Å²) >= 11 is 0. The van der Waals surface area contributed by atoms with Crippen molar-refractivity contribution in [2.24, 2.45) is 0 Å². The average molecular weight is 421 g/mol. The minimum atomic E-state index is -0.291. The molecule has 31 heavy (non-hydrogen) atoms. The van der Waals surface area contributed by atoms with Crippen LogP contribution in [0.4, 0.5) is 5.82 Å². The molecule has 0 atom stereocenters. The van der Waals surface area contributed by atoms with E-state index in [1.54, 1.807) is 12.3 Å². The van der Waals surface area contributed by atoms with Gasteiger partial charge in [-0.2, -0.15) is 0 Å². The number of fused-ring (bicyclic) bond motifs is 2. The number of rotatable bonds is 6. The fourth-order valence-electron chi connectivity index (χ4n) is 4.02. The zero-order valence-electron chi connectivity index (χ0n) is 17.1. The first kappa shape index (κ1) is 19.5. The van der Waals surface area contributed by atoms with Gasteiger partial charge in [0, 0.05) is 0 Å². The lowest BCUT2D eigenvalue weighted by Gasteiger charge is -2.24. The molecule has 0 unspecified atom stereocenters. The Hall–Kier alpha value is -3.43. The van der Waals surface area contributed by atoms with Gasteiger partial charge in [-0.05, 0) is 24.3 Å². The average Bonchev–Trinajstić information content (AvgIpc) is 3.41. The third-order valence-electron chi connectivity index (χ3n) is 5.71. The first-order valence-electron chi connectivity index (χ1n) is 10.5. The fourth-order valence-corrected chi connectivity index (χ4v) is 4.02. The van der Waals surface area contributed by atoms with Crippen molar-refractivity contribution in [3.63, 3.8) is 0 Å². The number of nitrogens with two attached hydrogens (primary N) is 1. The van der Waals surface area contributed by atoms with Crippen molar-refractivity contribution in [1.29, 1.82) is 0 Å². The Morgan fingerprint density at radius 2 is 1.90 bits per heavy atom. The van der Waals surface area contributed by atoms with Crippen molar-refractivity contribution in [3.8, 4) is 0 Å². The second kappa shape index (κ2) is 8.37. The van der Waals surface area contributed by atoms with Gasteiger partial charge in [0.05, 0.1) is 50.1 Å². The molecule has 4 N–H and O–H groups in total. The van der Waals surface area contributed by atoms with Crippen LogP contribution in [0, 0.1) is 0 Å². The molecule has 0 radical (unpaired) electrons. The zero-order chi connectivity index (χ0) is 21.2. The number of hydrogen-bond donors (Lipinski definition) is 3. The summed E-state index contributed by atoms with van der Waals surface area (Å²) in [4.78, 5) is 24.1. The number of para-hydroxylation sites is 2. The lowest BCUT2D eigenvalue weighted by Crippen LogP contribution is -3.14. The van der Waals surface area contributed by atoms with Crippen LogP contribution in [0.3, 0.4) is 0 Å². The summed E-state index contributed by atoms with van der Waals surface area (Å²) < 4.78 is 12.7. The highest BCUT2D eigenvalue weighted by atomic mass is 16.5. The van der Waals surface area contributed by atoms with Crippen LogP contribution in [-0.4, -0.2) is 53.3 Å². The summed E-state index contributed by atoms with van der Waals surface area (Å²) in [6.07, 6.45) is 1.58. The first-order chi connectivity index (χ1) is 15.2. The fraction of sp³-hybridized carbons (Fsp3) is 0.318. The number of quaternary nitrogens is 1. The first-order valence-corrected chi connectivity index (χ1v) is 10.5. The number of ether oxygens (including phenoxy) is 1. The smallest absolute Gasteiger partial charge is 0.257 e. The quantitative estimate of drug-likeness (QED) is 0.420. The zero-order valence-corrected chi connectivity index (χ0v) is 17.1. The maximum atomic E-state index is 13.1. The Kier molecular flexibility index (Phi) is 5.27. The van der Waals surface area contributed by atoms with Gasteiger partial charge in [0.1, 0.15) is 35.7 Å². The Labute approximate surface area is 178 Å². The van der Waals surface area contributed by atoms with Crippen LogP contribution in [0.2, 0.25) is 0 Å². The Balaban J connectivity index is 1.52. The van der Waals surface area contributed by atoms with E-state index >= 15 is 0 Å². The molecule has 1 aromatic carbocycles. The summed E-state index contributed by atoms with van der Waals surface area (Å²) in [5, 5.41) is 2.89. The highest BCUT2D eigenvalue weighted by Crippen LogP contribution is 2.27. The number of carbonyl (C=O) groups is 1. The Morgan fingerprint density at radius 3 is 2.65 bits per heavy atom. The van der Waals surface area contributed by atoms with E-state index in [-0.39, 0.29) is 12.5 Å². The number of aromatic nitrogens is 3. The van der Waals surface area contributed by atoms with Crippen LogP contribution in [-0.2, 0) is 17.8 Å². The molecule has 0 aliphatic carbocycles. The third-order valence-corrected chi connectivity index (χ3v) is 5.71. The molecule has 4 heterocycles. The van der Waals surface area contributed by atoms with E-state index in [1.807, 2.05) is 34.9 Å². The number of benzene rings is 1. The number of nitrogens with one attached hydrogen (secondary N) is 2. The molecule has 1 aliphatic rings. The Bertz CT molecular complexity index is 1210. The summed E-state index contributed by atoms with van der Waals surface area (Å²) in [5.74, 6) is 0.763. The highest BCUT2D eigenvalue weighted by Gasteiger charge is 2.25. The molecule has 1 amide bonds. The molecule has 1 aliphatic heterocycles. The van der Waals surface area contributed by atoms with Crippen molar-refractivity contribution < 1.29 is 18.8 Å². The van der Waals surface area contributed by atoms with E-state index in [0.29, 0.717) is 34.9 Å². The molecular weight excluding hydrogens is 396 g/mol. The van der Waals surface area contributed by atoms with Crippen LogP contribution >= 0.6 is 0 Å². The molecular formula is C22H25N6O3+. The van der Waals surface area contributed by atoms with Gasteiger partial charge in [-0.15, -0.1) is 0 Å².